The van der Waals surface area contributed by atoms with Gasteiger partial charge in [-0.3, -0.25) is 9.88 Å². The third-order valence-corrected chi connectivity index (χ3v) is 3.88. The predicted molar refractivity (Wildman–Crippen MR) is 72.5 cm³/mol. The first kappa shape index (κ1) is 13.5. The molecule has 1 aromatic rings. The molecule has 18 heavy (non-hydrogen) atoms. The third kappa shape index (κ3) is 2.88. The van der Waals surface area contributed by atoms with Crippen LogP contribution in [0.4, 0.5) is 0 Å². The maximum atomic E-state index is 10.6. The highest BCUT2D eigenvalue weighted by Gasteiger charge is 2.28. The molecule has 2 unspecified atom stereocenters. The van der Waals surface area contributed by atoms with Gasteiger partial charge in [-0.1, -0.05) is 0 Å². The van der Waals surface area contributed by atoms with Crippen LogP contribution in [0.3, 0.4) is 0 Å². The molecule has 2 atom stereocenters. The number of aliphatic hydroxyl groups excluding tert-OH is 1. The highest BCUT2D eigenvalue weighted by atomic mass is 16.3. The lowest BCUT2D eigenvalue weighted by atomic mass is 9.99. The van der Waals surface area contributed by atoms with Crippen molar-refractivity contribution >= 4 is 0 Å². The largest absolute Gasteiger partial charge is 0.387 e. The van der Waals surface area contributed by atoms with Gasteiger partial charge in [0.25, 0.3) is 0 Å². The second-order valence-electron chi connectivity index (χ2n) is 5.34. The molecule has 0 aromatic carbocycles. The zero-order valence-electron chi connectivity index (χ0n) is 11.5. The monoisotopic (exact) mass is 249 g/mol. The lowest BCUT2D eigenvalue weighted by molar-refractivity contribution is 0.0566. The number of rotatable bonds is 2. The molecule has 1 N–H and O–H groups in total. The van der Waals surface area contributed by atoms with E-state index in [1.165, 1.54) is 0 Å². The van der Waals surface area contributed by atoms with Crippen molar-refractivity contribution in [3.05, 3.63) is 29.6 Å². The Kier molecular flexibility index (Phi) is 4.32. The van der Waals surface area contributed by atoms with E-state index in [2.05, 4.69) is 28.9 Å². The van der Waals surface area contributed by atoms with Crippen LogP contribution >= 0.6 is 0 Å². The van der Waals surface area contributed by atoms with Gasteiger partial charge in [0, 0.05) is 24.5 Å². The topological polar surface area (TPSA) is 39.6 Å². The molecular formula is C14H23N3O. The van der Waals surface area contributed by atoms with Crippen LogP contribution in [0.25, 0.3) is 0 Å². The van der Waals surface area contributed by atoms with E-state index in [9.17, 15) is 5.11 Å². The van der Waals surface area contributed by atoms with Crippen LogP contribution in [0.5, 0.6) is 0 Å². The van der Waals surface area contributed by atoms with Crippen molar-refractivity contribution in [2.45, 2.75) is 25.5 Å². The van der Waals surface area contributed by atoms with Crippen molar-refractivity contribution < 1.29 is 5.11 Å². The smallest absolute Gasteiger partial charge is 0.0974 e. The van der Waals surface area contributed by atoms with Gasteiger partial charge in [-0.2, -0.15) is 0 Å². The van der Waals surface area contributed by atoms with Crippen LogP contribution in [-0.2, 0) is 0 Å². The van der Waals surface area contributed by atoms with Gasteiger partial charge in [0.05, 0.1) is 12.1 Å². The standard InChI is InChI=1S/C14H23N3O/c1-11-5-6-15-9-12(11)14(18)13-10-16(2)7-4-8-17(13)3/h5-6,9,13-14,18H,4,7-8,10H2,1-3H3. The fourth-order valence-corrected chi connectivity index (χ4v) is 2.64. The van der Waals surface area contributed by atoms with E-state index < -0.39 is 6.10 Å². The molecule has 0 amide bonds. The number of hydrogen-bond acceptors (Lipinski definition) is 4. The van der Waals surface area contributed by atoms with E-state index >= 15 is 0 Å². The minimum atomic E-state index is -0.468. The Balaban J connectivity index is 2.20. The molecule has 1 aromatic heterocycles. The van der Waals surface area contributed by atoms with E-state index in [0.717, 1.165) is 37.2 Å². The zero-order chi connectivity index (χ0) is 13.1. The summed E-state index contributed by atoms with van der Waals surface area (Å²) in [5.74, 6) is 0. The lowest BCUT2D eigenvalue weighted by Crippen LogP contribution is -2.42. The van der Waals surface area contributed by atoms with E-state index in [0.29, 0.717) is 0 Å². The highest BCUT2D eigenvalue weighted by molar-refractivity contribution is 5.25. The molecule has 4 heteroatoms. The first-order valence-corrected chi connectivity index (χ1v) is 6.57. The van der Waals surface area contributed by atoms with Crippen LogP contribution in [0, 0.1) is 6.92 Å². The van der Waals surface area contributed by atoms with Crippen molar-refractivity contribution in [1.82, 2.24) is 14.8 Å². The third-order valence-electron chi connectivity index (χ3n) is 3.88. The Morgan fingerprint density at radius 3 is 2.89 bits per heavy atom. The van der Waals surface area contributed by atoms with Crippen LogP contribution in [0.1, 0.15) is 23.7 Å². The molecule has 0 bridgehead atoms. The average molecular weight is 249 g/mol. The summed E-state index contributed by atoms with van der Waals surface area (Å²) in [4.78, 5) is 8.70. The summed E-state index contributed by atoms with van der Waals surface area (Å²) in [6.45, 7) is 5.05. The SMILES string of the molecule is Cc1ccncc1C(O)C1CN(C)CCCN1C. The summed E-state index contributed by atoms with van der Waals surface area (Å²) in [6, 6.07) is 2.10. The van der Waals surface area contributed by atoms with Crippen LogP contribution in [0.2, 0.25) is 0 Å². The molecule has 1 aliphatic rings. The molecule has 2 heterocycles. The maximum absolute atomic E-state index is 10.6. The van der Waals surface area contributed by atoms with Gasteiger partial charge in [-0.05, 0) is 52.2 Å². The van der Waals surface area contributed by atoms with E-state index in [1.807, 2.05) is 13.0 Å². The van der Waals surface area contributed by atoms with Crippen LogP contribution in [0.15, 0.2) is 18.5 Å². The summed E-state index contributed by atoms with van der Waals surface area (Å²) >= 11 is 0. The molecule has 0 spiro atoms. The Bertz CT molecular complexity index is 396. The average Bonchev–Trinajstić information content (AvgIpc) is 2.51. The first-order valence-electron chi connectivity index (χ1n) is 6.57. The van der Waals surface area contributed by atoms with Gasteiger partial charge >= 0.3 is 0 Å². The summed E-state index contributed by atoms with van der Waals surface area (Å²) < 4.78 is 0. The van der Waals surface area contributed by atoms with Crippen molar-refractivity contribution in [3.8, 4) is 0 Å². The Morgan fingerprint density at radius 1 is 1.39 bits per heavy atom. The van der Waals surface area contributed by atoms with Gasteiger partial charge in [0.2, 0.25) is 0 Å². The number of aliphatic hydroxyl groups is 1. The Labute approximate surface area is 109 Å². The van der Waals surface area contributed by atoms with Gasteiger partial charge in [0.1, 0.15) is 0 Å². The summed E-state index contributed by atoms with van der Waals surface area (Å²) in [7, 11) is 4.22. The molecule has 1 saturated heterocycles. The number of aromatic nitrogens is 1. The molecule has 4 nitrogen and oxygen atoms in total. The predicted octanol–water partition coefficient (Wildman–Crippen LogP) is 1.06. The highest BCUT2D eigenvalue weighted by Crippen LogP contribution is 2.24. The lowest BCUT2D eigenvalue weighted by Gasteiger charge is -2.32. The zero-order valence-corrected chi connectivity index (χ0v) is 11.5. The Morgan fingerprint density at radius 2 is 2.17 bits per heavy atom. The van der Waals surface area contributed by atoms with E-state index in [-0.39, 0.29) is 6.04 Å². The van der Waals surface area contributed by atoms with E-state index in [1.54, 1.807) is 12.4 Å². The molecule has 0 saturated carbocycles. The van der Waals surface area contributed by atoms with Crippen molar-refractivity contribution in [2.75, 3.05) is 33.7 Å². The summed E-state index contributed by atoms with van der Waals surface area (Å²) in [5, 5.41) is 10.6. The number of hydrogen-bond donors (Lipinski definition) is 1. The summed E-state index contributed by atoms with van der Waals surface area (Å²) in [5.41, 5.74) is 2.06. The molecule has 0 aliphatic carbocycles. The minimum Gasteiger partial charge on any atom is -0.387 e. The summed E-state index contributed by atoms with van der Waals surface area (Å²) in [6.07, 6.45) is 4.25. The molecule has 100 valence electrons. The number of aryl methyl sites for hydroxylation is 1. The Hall–Kier alpha value is -0.970. The van der Waals surface area contributed by atoms with Gasteiger partial charge in [0.15, 0.2) is 0 Å². The molecule has 1 fully saturated rings. The van der Waals surface area contributed by atoms with Crippen LogP contribution in [-0.4, -0.2) is 59.7 Å². The molecule has 1 aliphatic heterocycles. The van der Waals surface area contributed by atoms with E-state index in [4.69, 9.17) is 0 Å². The van der Waals surface area contributed by atoms with Crippen LogP contribution < -0.4 is 0 Å². The minimum absolute atomic E-state index is 0.139. The molecular weight excluding hydrogens is 226 g/mol. The van der Waals surface area contributed by atoms with Gasteiger partial charge < -0.3 is 10.0 Å². The number of likely N-dealkylation sites (N-methyl/N-ethyl adjacent to an activating group) is 2. The van der Waals surface area contributed by atoms with Crippen molar-refractivity contribution in [3.63, 3.8) is 0 Å². The molecule has 2 rings (SSSR count). The second kappa shape index (κ2) is 5.78. The quantitative estimate of drug-likeness (QED) is 0.851. The fourth-order valence-electron chi connectivity index (χ4n) is 2.64. The number of nitrogens with zero attached hydrogens (tertiary/aromatic N) is 3. The number of pyridine rings is 1. The van der Waals surface area contributed by atoms with Crippen molar-refractivity contribution in [1.29, 1.82) is 0 Å². The normalized spacial score (nSPS) is 24.8. The maximum Gasteiger partial charge on any atom is 0.0974 e. The fraction of sp³-hybridized carbons (Fsp3) is 0.643. The second-order valence-corrected chi connectivity index (χ2v) is 5.34. The van der Waals surface area contributed by atoms with Gasteiger partial charge in [-0.25, -0.2) is 0 Å². The molecule has 0 radical (unpaired) electrons. The first-order chi connectivity index (χ1) is 8.59. The van der Waals surface area contributed by atoms with Crippen molar-refractivity contribution in [2.24, 2.45) is 0 Å². The van der Waals surface area contributed by atoms with Gasteiger partial charge in [-0.15, -0.1) is 0 Å².